The predicted octanol–water partition coefficient (Wildman–Crippen LogP) is 4.39. The highest BCUT2D eigenvalue weighted by molar-refractivity contribution is 6.30. The van der Waals surface area contributed by atoms with Gasteiger partial charge in [-0.2, -0.15) is 0 Å². The molecule has 0 aromatic heterocycles. The van der Waals surface area contributed by atoms with E-state index in [9.17, 15) is 14.7 Å². The van der Waals surface area contributed by atoms with Crippen LogP contribution in [0, 0.1) is 0 Å². The predicted molar refractivity (Wildman–Crippen MR) is 111 cm³/mol. The molecular formula is C22H26ClNO5. The molecule has 1 unspecified atom stereocenters. The lowest BCUT2D eigenvalue weighted by atomic mass is 10.1. The Bertz CT molecular complexity index is 828. The molecular weight excluding hydrogens is 394 g/mol. The molecule has 29 heavy (non-hydrogen) atoms. The Morgan fingerprint density at radius 2 is 1.66 bits per heavy atom. The van der Waals surface area contributed by atoms with Gasteiger partial charge in [0.2, 0.25) is 0 Å². The molecule has 1 N–H and O–H groups in total. The number of carbonyl (C=O) groups excluding carboxylic acids is 2. The Balaban J connectivity index is 1.89. The van der Waals surface area contributed by atoms with Crippen LogP contribution in [0.2, 0.25) is 5.02 Å². The Kier molecular flexibility index (Phi) is 7.65. The van der Waals surface area contributed by atoms with Gasteiger partial charge in [-0.3, -0.25) is 4.79 Å². The zero-order chi connectivity index (χ0) is 21.6. The van der Waals surface area contributed by atoms with Crippen LogP contribution < -0.4 is 4.74 Å². The minimum absolute atomic E-state index is 0.0740. The summed E-state index contributed by atoms with van der Waals surface area (Å²) in [5.74, 6) is -0.0225. The van der Waals surface area contributed by atoms with Gasteiger partial charge >= 0.3 is 12.1 Å². The van der Waals surface area contributed by atoms with Crippen molar-refractivity contribution in [3.8, 4) is 5.75 Å². The van der Waals surface area contributed by atoms with Crippen LogP contribution >= 0.6 is 11.6 Å². The lowest BCUT2D eigenvalue weighted by Gasteiger charge is -2.26. The van der Waals surface area contributed by atoms with Gasteiger partial charge in [-0.15, -0.1) is 0 Å². The maximum atomic E-state index is 12.1. The first kappa shape index (κ1) is 22.7. The number of benzene rings is 2. The molecule has 0 radical (unpaired) electrons. The normalized spacial score (nSPS) is 12.2. The fraction of sp³-hybridized carbons (Fsp3) is 0.364. The van der Waals surface area contributed by atoms with E-state index in [1.165, 1.54) is 4.90 Å². The zero-order valence-electron chi connectivity index (χ0n) is 17.0. The average molecular weight is 420 g/mol. The van der Waals surface area contributed by atoms with E-state index < -0.39 is 23.8 Å². The number of aliphatic hydroxyl groups excluding tert-OH is 1. The van der Waals surface area contributed by atoms with Gasteiger partial charge < -0.3 is 19.5 Å². The molecule has 0 aliphatic carbocycles. The number of nitrogens with zero attached hydrogens (tertiary/aromatic N) is 1. The number of ether oxygens (including phenoxy) is 2. The maximum absolute atomic E-state index is 12.1. The quantitative estimate of drug-likeness (QED) is 0.555. The number of hydrogen-bond acceptors (Lipinski definition) is 5. The van der Waals surface area contributed by atoms with Crippen molar-refractivity contribution in [2.24, 2.45) is 0 Å². The first-order valence-electron chi connectivity index (χ1n) is 9.21. The van der Waals surface area contributed by atoms with Crippen LogP contribution in [0.5, 0.6) is 5.75 Å². The van der Waals surface area contributed by atoms with Gasteiger partial charge in [-0.25, -0.2) is 4.79 Å². The summed E-state index contributed by atoms with van der Waals surface area (Å²) in [7, 11) is 1.56. The van der Waals surface area contributed by atoms with Crippen molar-refractivity contribution in [2.45, 2.75) is 38.9 Å². The Labute approximate surface area is 176 Å². The van der Waals surface area contributed by atoms with E-state index in [1.54, 1.807) is 76.3 Å². The molecule has 0 aliphatic heterocycles. The summed E-state index contributed by atoms with van der Waals surface area (Å²) in [4.78, 5) is 25.4. The Morgan fingerprint density at radius 3 is 2.21 bits per heavy atom. The number of rotatable bonds is 6. The van der Waals surface area contributed by atoms with Gasteiger partial charge in [0.1, 0.15) is 11.4 Å². The number of amides is 1. The summed E-state index contributed by atoms with van der Waals surface area (Å²) in [6.07, 6.45) is -1.28. The first-order chi connectivity index (χ1) is 13.5. The SMILES string of the molecule is CN(CC(O)c1ccc(OC(=O)Cc2ccc(Cl)cc2)cc1)C(=O)OC(C)(C)C. The van der Waals surface area contributed by atoms with Crippen LogP contribution in [0.1, 0.15) is 38.0 Å². The highest BCUT2D eigenvalue weighted by Gasteiger charge is 2.22. The molecule has 0 heterocycles. The van der Waals surface area contributed by atoms with Gasteiger partial charge in [0.25, 0.3) is 0 Å². The molecule has 6 nitrogen and oxygen atoms in total. The summed E-state index contributed by atoms with van der Waals surface area (Å²) in [5.41, 5.74) is 0.794. The third kappa shape index (κ3) is 7.75. The summed E-state index contributed by atoms with van der Waals surface area (Å²) in [5, 5.41) is 11.0. The van der Waals surface area contributed by atoms with Crippen molar-refractivity contribution in [3.05, 3.63) is 64.7 Å². The fourth-order valence-corrected chi connectivity index (χ4v) is 2.60. The largest absolute Gasteiger partial charge is 0.444 e. The maximum Gasteiger partial charge on any atom is 0.410 e. The number of carbonyl (C=O) groups is 2. The van der Waals surface area contributed by atoms with Crippen LogP contribution in [0.4, 0.5) is 4.79 Å². The van der Waals surface area contributed by atoms with Crippen molar-refractivity contribution in [3.63, 3.8) is 0 Å². The smallest absolute Gasteiger partial charge is 0.410 e. The van der Waals surface area contributed by atoms with E-state index in [0.717, 1.165) is 5.56 Å². The van der Waals surface area contributed by atoms with Crippen molar-refractivity contribution < 1.29 is 24.2 Å². The number of halogens is 1. The summed E-state index contributed by atoms with van der Waals surface area (Å²) >= 11 is 5.83. The molecule has 0 saturated carbocycles. The van der Waals surface area contributed by atoms with Gasteiger partial charge in [-0.05, 0) is 56.2 Å². The van der Waals surface area contributed by atoms with E-state index in [2.05, 4.69) is 0 Å². The Morgan fingerprint density at radius 1 is 1.07 bits per heavy atom. The van der Waals surface area contributed by atoms with Gasteiger partial charge in [0.15, 0.2) is 0 Å². The second-order valence-corrected chi connectivity index (χ2v) is 8.16. The van der Waals surface area contributed by atoms with E-state index in [4.69, 9.17) is 21.1 Å². The van der Waals surface area contributed by atoms with Crippen LogP contribution in [0.3, 0.4) is 0 Å². The minimum Gasteiger partial charge on any atom is -0.444 e. The summed E-state index contributed by atoms with van der Waals surface area (Å²) in [6.45, 7) is 5.41. The van der Waals surface area contributed by atoms with Crippen molar-refractivity contribution in [2.75, 3.05) is 13.6 Å². The van der Waals surface area contributed by atoms with Crippen LogP contribution in [-0.4, -0.2) is 41.3 Å². The van der Waals surface area contributed by atoms with Crippen molar-refractivity contribution >= 4 is 23.7 Å². The number of hydrogen-bond donors (Lipinski definition) is 1. The first-order valence-corrected chi connectivity index (χ1v) is 9.58. The summed E-state index contributed by atoms with van der Waals surface area (Å²) in [6, 6.07) is 13.5. The second-order valence-electron chi connectivity index (χ2n) is 7.72. The molecule has 0 bridgehead atoms. The van der Waals surface area contributed by atoms with E-state index >= 15 is 0 Å². The molecule has 2 rings (SSSR count). The standard InChI is InChI=1S/C22H26ClNO5/c1-22(2,3)29-21(27)24(4)14-19(25)16-7-11-18(12-8-16)28-20(26)13-15-5-9-17(23)10-6-15/h5-12,19,25H,13-14H2,1-4H3. The van der Waals surface area contributed by atoms with Gasteiger partial charge in [-0.1, -0.05) is 35.9 Å². The monoisotopic (exact) mass is 419 g/mol. The molecule has 0 saturated heterocycles. The number of esters is 1. The lowest BCUT2D eigenvalue weighted by molar-refractivity contribution is -0.133. The molecule has 2 aromatic carbocycles. The molecule has 0 spiro atoms. The highest BCUT2D eigenvalue weighted by atomic mass is 35.5. The zero-order valence-corrected chi connectivity index (χ0v) is 17.8. The third-order valence-corrected chi connectivity index (χ3v) is 4.16. The highest BCUT2D eigenvalue weighted by Crippen LogP contribution is 2.20. The van der Waals surface area contributed by atoms with Crippen LogP contribution in [-0.2, 0) is 16.0 Å². The van der Waals surface area contributed by atoms with Gasteiger partial charge in [0.05, 0.1) is 19.1 Å². The molecule has 0 fully saturated rings. The molecule has 1 atom stereocenters. The molecule has 1 amide bonds. The van der Waals surface area contributed by atoms with E-state index in [1.807, 2.05) is 0 Å². The lowest BCUT2D eigenvalue weighted by Crippen LogP contribution is -2.36. The van der Waals surface area contributed by atoms with E-state index in [-0.39, 0.29) is 13.0 Å². The molecule has 7 heteroatoms. The minimum atomic E-state index is -0.897. The van der Waals surface area contributed by atoms with Crippen molar-refractivity contribution in [1.29, 1.82) is 0 Å². The molecule has 0 aliphatic rings. The van der Waals surface area contributed by atoms with Crippen molar-refractivity contribution in [1.82, 2.24) is 4.90 Å². The fourth-order valence-electron chi connectivity index (χ4n) is 2.47. The molecule has 2 aromatic rings. The third-order valence-electron chi connectivity index (χ3n) is 3.91. The van der Waals surface area contributed by atoms with E-state index in [0.29, 0.717) is 16.3 Å². The molecule has 156 valence electrons. The number of likely N-dealkylation sites (N-methyl/N-ethyl adjacent to an activating group) is 1. The van der Waals surface area contributed by atoms with Crippen LogP contribution in [0.25, 0.3) is 0 Å². The number of aliphatic hydroxyl groups is 1. The Hall–Kier alpha value is -2.57. The summed E-state index contributed by atoms with van der Waals surface area (Å²) < 4.78 is 10.6. The second kappa shape index (κ2) is 9.76. The average Bonchev–Trinajstić information content (AvgIpc) is 2.62. The van der Waals surface area contributed by atoms with Gasteiger partial charge in [0, 0.05) is 12.1 Å². The topological polar surface area (TPSA) is 76.1 Å². The van der Waals surface area contributed by atoms with Crippen LogP contribution in [0.15, 0.2) is 48.5 Å².